The second-order valence-electron chi connectivity index (χ2n) is 2.62. The molecule has 0 N–H and O–H groups in total. The fourth-order valence-corrected chi connectivity index (χ4v) is 1.06. The number of rotatable bonds is 9. The zero-order chi connectivity index (χ0) is 9.07. The van der Waals surface area contributed by atoms with Crippen molar-refractivity contribution in [3.63, 3.8) is 0 Å². The Kier molecular flexibility index (Phi) is 11.8. The first kappa shape index (κ1) is 12.4. The van der Waals surface area contributed by atoms with Crippen molar-refractivity contribution in [1.82, 2.24) is 0 Å². The van der Waals surface area contributed by atoms with Gasteiger partial charge in [0.25, 0.3) is 0 Å². The lowest BCUT2D eigenvalue weighted by Gasteiger charge is -2.03. The molecule has 0 atom stereocenters. The van der Waals surface area contributed by atoms with Gasteiger partial charge in [-0.05, 0) is 6.42 Å². The van der Waals surface area contributed by atoms with Gasteiger partial charge in [-0.15, -0.1) is 0 Å². The van der Waals surface area contributed by atoms with Crippen molar-refractivity contribution < 1.29 is 9.47 Å². The van der Waals surface area contributed by atoms with Gasteiger partial charge in [-0.25, -0.2) is 0 Å². The summed E-state index contributed by atoms with van der Waals surface area (Å²) in [5.74, 6) is 0. The van der Waals surface area contributed by atoms with Crippen molar-refractivity contribution in [2.45, 2.75) is 26.2 Å². The van der Waals surface area contributed by atoms with Crippen molar-refractivity contribution in [1.29, 1.82) is 0 Å². The Hall–Kier alpha value is 0.400. The van der Waals surface area contributed by atoms with E-state index in [1.165, 1.54) is 19.3 Å². The highest BCUT2D eigenvalue weighted by Crippen LogP contribution is 1.93. The third-order valence-electron chi connectivity index (χ3n) is 1.49. The molecule has 0 amide bonds. The zero-order valence-electron chi connectivity index (χ0n) is 7.85. The van der Waals surface area contributed by atoms with Crippen LogP contribution in [0.15, 0.2) is 0 Å². The molecule has 0 rings (SSSR count). The van der Waals surface area contributed by atoms with Gasteiger partial charge in [-0.1, -0.05) is 35.7 Å². The van der Waals surface area contributed by atoms with E-state index in [1.807, 2.05) is 0 Å². The number of hydrogen-bond donors (Lipinski definition) is 0. The van der Waals surface area contributed by atoms with Crippen molar-refractivity contribution in [3.05, 3.63) is 0 Å². The summed E-state index contributed by atoms with van der Waals surface area (Å²) in [4.78, 5) is 0. The summed E-state index contributed by atoms with van der Waals surface area (Å²) >= 11 is 3.29. The summed E-state index contributed by atoms with van der Waals surface area (Å²) in [6, 6.07) is 0. The van der Waals surface area contributed by atoms with E-state index in [9.17, 15) is 0 Å². The molecule has 0 fully saturated rings. The number of ether oxygens (including phenoxy) is 2. The zero-order valence-corrected chi connectivity index (χ0v) is 9.44. The molecule has 0 heterocycles. The van der Waals surface area contributed by atoms with Gasteiger partial charge in [0.2, 0.25) is 0 Å². The third kappa shape index (κ3) is 10.4. The lowest BCUT2D eigenvalue weighted by atomic mass is 10.3. The molecule has 0 aliphatic carbocycles. The van der Waals surface area contributed by atoms with E-state index in [4.69, 9.17) is 9.47 Å². The van der Waals surface area contributed by atoms with Crippen LogP contribution in [0.25, 0.3) is 0 Å². The molecule has 12 heavy (non-hydrogen) atoms. The Morgan fingerprint density at radius 3 is 2.17 bits per heavy atom. The van der Waals surface area contributed by atoms with Crippen LogP contribution in [-0.4, -0.2) is 31.8 Å². The van der Waals surface area contributed by atoms with E-state index in [2.05, 4.69) is 22.9 Å². The summed E-state index contributed by atoms with van der Waals surface area (Å²) < 4.78 is 10.6. The van der Waals surface area contributed by atoms with E-state index < -0.39 is 0 Å². The first-order valence-corrected chi connectivity index (χ1v) is 5.75. The molecule has 0 spiro atoms. The topological polar surface area (TPSA) is 18.5 Å². The number of alkyl halides is 1. The van der Waals surface area contributed by atoms with Crippen LogP contribution in [0.2, 0.25) is 0 Å². The minimum absolute atomic E-state index is 0.720. The molecule has 0 bridgehead atoms. The first-order valence-electron chi connectivity index (χ1n) is 4.63. The van der Waals surface area contributed by atoms with Crippen molar-refractivity contribution in [2.24, 2.45) is 0 Å². The second-order valence-corrected chi connectivity index (χ2v) is 3.41. The third-order valence-corrected chi connectivity index (χ3v) is 1.81. The molecule has 2 nitrogen and oxygen atoms in total. The highest BCUT2D eigenvalue weighted by atomic mass is 79.9. The number of halogens is 1. The van der Waals surface area contributed by atoms with Crippen molar-refractivity contribution in [3.8, 4) is 0 Å². The smallest absolute Gasteiger partial charge is 0.0700 e. The molecule has 0 aliphatic rings. The van der Waals surface area contributed by atoms with Gasteiger partial charge in [0.1, 0.15) is 0 Å². The summed E-state index contributed by atoms with van der Waals surface area (Å²) in [7, 11) is 0. The maximum atomic E-state index is 5.34. The highest BCUT2D eigenvalue weighted by Gasteiger charge is 1.89. The maximum absolute atomic E-state index is 5.34. The van der Waals surface area contributed by atoms with Crippen LogP contribution in [-0.2, 0) is 9.47 Å². The molecular weight excluding hydrogens is 220 g/mol. The molecule has 0 aromatic rings. The lowest BCUT2D eigenvalue weighted by molar-refractivity contribution is 0.0526. The van der Waals surface area contributed by atoms with Gasteiger partial charge in [0, 0.05) is 11.9 Å². The van der Waals surface area contributed by atoms with E-state index in [1.54, 1.807) is 0 Å². The SMILES string of the molecule is CCCCCOCCOCCBr. The Morgan fingerprint density at radius 1 is 0.917 bits per heavy atom. The molecule has 0 aromatic carbocycles. The van der Waals surface area contributed by atoms with Gasteiger partial charge >= 0.3 is 0 Å². The molecule has 3 heteroatoms. The molecule has 0 saturated heterocycles. The molecule has 0 saturated carbocycles. The van der Waals surface area contributed by atoms with E-state index >= 15 is 0 Å². The molecule has 0 radical (unpaired) electrons. The average molecular weight is 239 g/mol. The maximum Gasteiger partial charge on any atom is 0.0700 e. The largest absolute Gasteiger partial charge is 0.379 e. The van der Waals surface area contributed by atoms with Gasteiger partial charge in [-0.2, -0.15) is 0 Å². The minimum Gasteiger partial charge on any atom is -0.379 e. The first-order chi connectivity index (χ1) is 5.91. The van der Waals surface area contributed by atoms with Crippen LogP contribution in [0, 0.1) is 0 Å². The summed E-state index contributed by atoms with van der Waals surface area (Å²) in [6.07, 6.45) is 3.70. The van der Waals surface area contributed by atoms with Crippen molar-refractivity contribution >= 4 is 15.9 Å². The Bertz CT molecular complexity index is 68.9. The van der Waals surface area contributed by atoms with E-state index in [0.29, 0.717) is 0 Å². The van der Waals surface area contributed by atoms with Crippen LogP contribution >= 0.6 is 15.9 Å². The van der Waals surface area contributed by atoms with E-state index in [-0.39, 0.29) is 0 Å². The Morgan fingerprint density at radius 2 is 1.58 bits per heavy atom. The quantitative estimate of drug-likeness (QED) is 0.455. The van der Waals surface area contributed by atoms with Gasteiger partial charge in [-0.3, -0.25) is 0 Å². The molecule has 0 unspecified atom stereocenters. The number of hydrogen-bond acceptors (Lipinski definition) is 2. The summed E-state index contributed by atoms with van der Waals surface area (Å²) in [6.45, 7) is 5.30. The van der Waals surface area contributed by atoms with Crippen molar-refractivity contribution in [2.75, 3.05) is 31.8 Å². The predicted octanol–water partition coefficient (Wildman–Crippen LogP) is 2.60. The monoisotopic (exact) mass is 238 g/mol. The Balaban J connectivity index is 2.73. The van der Waals surface area contributed by atoms with Gasteiger partial charge in [0.05, 0.1) is 19.8 Å². The average Bonchev–Trinajstić information content (AvgIpc) is 2.10. The summed E-state index contributed by atoms with van der Waals surface area (Å²) in [5.41, 5.74) is 0. The van der Waals surface area contributed by atoms with Crippen LogP contribution < -0.4 is 0 Å². The Labute approximate surface area is 83.8 Å². The van der Waals surface area contributed by atoms with Crippen LogP contribution in [0.1, 0.15) is 26.2 Å². The fourth-order valence-electron chi connectivity index (χ4n) is 0.831. The molecule has 0 aromatic heterocycles. The summed E-state index contributed by atoms with van der Waals surface area (Å²) in [5, 5.41) is 0.906. The predicted molar refractivity (Wildman–Crippen MR) is 55.0 cm³/mol. The molecular formula is C9H19BrO2. The normalized spacial score (nSPS) is 10.5. The minimum atomic E-state index is 0.720. The molecule has 0 aliphatic heterocycles. The van der Waals surface area contributed by atoms with Gasteiger partial charge in [0.15, 0.2) is 0 Å². The van der Waals surface area contributed by atoms with Crippen LogP contribution in [0.4, 0.5) is 0 Å². The fraction of sp³-hybridized carbons (Fsp3) is 1.00. The highest BCUT2D eigenvalue weighted by molar-refractivity contribution is 9.09. The second kappa shape index (κ2) is 11.4. The lowest BCUT2D eigenvalue weighted by Crippen LogP contribution is -2.06. The standard InChI is InChI=1S/C9H19BrO2/c1-2-3-4-6-11-8-9-12-7-5-10/h2-9H2,1H3. The molecule has 74 valence electrons. The van der Waals surface area contributed by atoms with Crippen LogP contribution in [0.5, 0.6) is 0 Å². The van der Waals surface area contributed by atoms with E-state index in [0.717, 1.165) is 31.8 Å². The van der Waals surface area contributed by atoms with Gasteiger partial charge < -0.3 is 9.47 Å². The number of unbranched alkanes of at least 4 members (excludes halogenated alkanes) is 2. The van der Waals surface area contributed by atoms with Crippen LogP contribution in [0.3, 0.4) is 0 Å².